The van der Waals surface area contributed by atoms with Crippen molar-refractivity contribution in [3.8, 4) is 17.6 Å². The van der Waals surface area contributed by atoms with Crippen molar-refractivity contribution in [2.24, 2.45) is 4.99 Å². The highest BCUT2D eigenvalue weighted by molar-refractivity contribution is 5.79. The monoisotopic (exact) mass is 336 g/mol. The summed E-state index contributed by atoms with van der Waals surface area (Å²) in [7, 11) is 1.74. The summed E-state index contributed by atoms with van der Waals surface area (Å²) in [6.45, 7) is 1.70. The molecule has 2 aromatic rings. The fourth-order valence-corrected chi connectivity index (χ4v) is 2.53. The second-order valence-corrected chi connectivity index (χ2v) is 5.60. The number of aliphatic imine (C=N–C) groups is 1. The van der Waals surface area contributed by atoms with E-state index in [1.165, 1.54) is 5.56 Å². The normalized spacial score (nSPS) is 12.6. The van der Waals surface area contributed by atoms with E-state index in [-0.39, 0.29) is 0 Å². The molecule has 3 rings (SSSR count). The number of nitrogens with zero attached hydrogens (tertiary/aromatic N) is 2. The van der Waals surface area contributed by atoms with Gasteiger partial charge in [0.15, 0.2) is 17.5 Å². The zero-order valence-corrected chi connectivity index (χ0v) is 14.1. The molecule has 1 aliphatic heterocycles. The summed E-state index contributed by atoms with van der Waals surface area (Å²) < 4.78 is 10.7. The van der Waals surface area contributed by atoms with E-state index in [4.69, 9.17) is 14.7 Å². The van der Waals surface area contributed by atoms with Gasteiger partial charge in [-0.1, -0.05) is 18.2 Å². The molecule has 0 spiro atoms. The molecule has 0 saturated heterocycles. The van der Waals surface area contributed by atoms with Crippen LogP contribution in [0.1, 0.15) is 16.7 Å². The summed E-state index contributed by atoms with van der Waals surface area (Å²) in [4.78, 5) is 4.22. The van der Waals surface area contributed by atoms with Crippen LogP contribution < -0.4 is 20.1 Å². The average molecular weight is 336 g/mol. The van der Waals surface area contributed by atoms with Crippen molar-refractivity contribution in [1.29, 1.82) is 5.26 Å². The lowest BCUT2D eigenvalue weighted by Crippen LogP contribution is -2.37. The number of hydrogen-bond acceptors (Lipinski definition) is 4. The van der Waals surface area contributed by atoms with Gasteiger partial charge in [-0.3, -0.25) is 4.99 Å². The van der Waals surface area contributed by atoms with Crippen molar-refractivity contribution in [3.63, 3.8) is 0 Å². The van der Waals surface area contributed by atoms with Crippen LogP contribution >= 0.6 is 0 Å². The van der Waals surface area contributed by atoms with Gasteiger partial charge < -0.3 is 20.1 Å². The fraction of sp³-hybridized carbons (Fsp3) is 0.263. The number of hydrogen-bond donors (Lipinski definition) is 2. The predicted octanol–water partition coefficient (Wildman–Crippen LogP) is 2.19. The summed E-state index contributed by atoms with van der Waals surface area (Å²) in [6.07, 6.45) is 0.855. The lowest BCUT2D eigenvalue weighted by molar-refractivity contribution is 0.174. The van der Waals surface area contributed by atoms with Crippen molar-refractivity contribution in [1.82, 2.24) is 10.6 Å². The van der Waals surface area contributed by atoms with Crippen LogP contribution in [-0.4, -0.2) is 26.3 Å². The average Bonchev–Trinajstić information content (AvgIpc) is 3.12. The maximum Gasteiger partial charge on any atom is 0.231 e. The first-order chi connectivity index (χ1) is 12.3. The first-order valence-corrected chi connectivity index (χ1v) is 8.10. The van der Waals surface area contributed by atoms with E-state index in [9.17, 15) is 0 Å². The van der Waals surface area contributed by atoms with E-state index >= 15 is 0 Å². The summed E-state index contributed by atoms with van der Waals surface area (Å²) in [5, 5.41) is 15.4. The Morgan fingerprint density at radius 2 is 1.84 bits per heavy atom. The highest BCUT2D eigenvalue weighted by Gasteiger charge is 2.12. The minimum absolute atomic E-state index is 0.295. The lowest BCUT2D eigenvalue weighted by atomic mass is 10.1. The quantitative estimate of drug-likeness (QED) is 0.646. The molecule has 0 aromatic heterocycles. The number of rotatable bonds is 5. The summed E-state index contributed by atoms with van der Waals surface area (Å²) in [5.41, 5.74) is 2.94. The van der Waals surface area contributed by atoms with Crippen molar-refractivity contribution in [3.05, 3.63) is 59.2 Å². The highest BCUT2D eigenvalue weighted by atomic mass is 16.7. The van der Waals surface area contributed by atoms with E-state index in [0.717, 1.165) is 36.0 Å². The first kappa shape index (κ1) is 16.7. The third-order valence-electron chi connectivity index (χ3n) is 3.91. The van der Waals surface area contributed by atoms with Gasteiger partial charge in [0.1, 0.15) is 0 Å². The predicted molar refractivity (Wildman–Crippen MR) is 95.6 cm³/mol. The van der Waals surface area contributed by atoms with Gasteiger partial charge in [-0.15, -0.1) is 0 Å². The number of benzene rings is 2. The van der Waals surface area contributed by atoms with Crippen molar-refractivity contribution < 1.29 is 9.47 Å². The van der Waals surface area contributed by atoms with E-state index < -0.39 is 0 Å². The highest BCUT2D eigenvalue weighted by Crippen LogP contribution is 2.32. The Kier molecular flexibility index (Phi) is 5.37. The summed E-state index contributed by atoms with van der Waals surface area (Å²) in [5.74, 6) is 2.35. The smallest absolute Gasteiger partial charge is 0.231 e. The number of fused-ring (bicyclic) bond motifs is 1. The largest absolute Gasteiger partial charge is 0.454 e. The Balaban J connectivity index is 1.45. The lowest BCUT2D eigenvalue weighted by Gasteiger charge is -2.12. The van der Waals surface area contributed by atoms with Crippen molar-refractivity contribution in [2.45, 2.75) is 13.0 Å². The molecule has 128 valence electrons. The van der Waals surface area contributed by atoms with Crippen LogP contribution in [0.4, 0.5) is 0 Å². The summed E-state index contributed by atoms with van der Waals surface area (Å²) >= 11 is 0. The van der Waals surface area contributed by atoms with Crippen LogP contribution in [0, 0.1) is 11.3 Å². The van der Waals surface area contributed by atoms with Gasteiger partial charge in [0.05, 0.1) is 11.6 Å². The molecule has 0 unspecified atom stereocenters. The Morgan fingerprint density at radius 1 is 1.08 bits per heavy atom. The molecule has 2 N–H and O–H groups in total. The van der Waals surface area contributed by atoms with Crippen LogP contribution in [0.3, 0.4) is 0 Å². The molecule has 0 amide bonds. The number of nitrogens with one attached hydrogen (secondary N) is 2. The molecule has 0 atom stereocenters. The third-order valence-corrected chi connectivity index (χ3v) is 3.91. The molecule has 6 heteroatoms. The van der Waals surface area contributed by atoms with Crippen molar-refractivity contribution in [2.75, 3.05) is 20.4 Å². The standard InChI is InChI=1S/C19H20N4O2/c1-21-19(23-12-16-4-2-15(11-20)3-5-16)22-9-8-14-6-7-17-18(10-14)25-13-24-17/h2-7,10H,8-9,12-13H2,1H3,(H2,21,22,23). The van der Waals surface area contributed by atoms with Crippen LogP contribution in [0.2, 0.25) is 0 Å². The van der Waals surface area contributed by atoms with Crippen LogP contribution in [0.25, 0.3) is 0 Å². The molecule has 1 aliphatic rings. The van der Waals surface area contributed by atoms with Gasteiger partial charge in [0, 0.05) is 20.1 Å². The molecule has 0 fully saturated rings. The SMILES string of the molecule is CN=C(NCCc1ccc2c(c1)OCO2)NCc1ccc(C#N)cc1. The third kappa shape index (κ3) is 4.42. The number of nitriles is 1. The Bertz CT molecular complexity index is 794. The number of ether oxygens (including phenoxy) is 2. The molecule has 0 saturated carbocycles. The molecule has 0 bridgehead atoms. The van der Waals surface area contributed by atoms with Gasteiger partial charge in [-0.25, -0.2) is 0 Å². The first-order valence-electron chi connectivity index (χ1n) is 8.10. The van der Waals surface area contributed by atoms with E-state index in [0.29, 0.717) is 18.9 Å². The van der Waals surface area contributed by atoms with E-state index in [1.54, 1.807) is 7.05 Å². The van der Waals surface area contributed by atoms with Crippen LogP contribution in [-0.2, 0) is 13.0 Å². The minimum atomic E-state index is 0.295. The molecule has 2 aromatic carbocycles. The number of guanidine groups is 1. The maximum atomic E-state index is 8.82. The zero-order chi connectivity index (χ0) is 17.5. The van der Waals surface area contributed by atoms with Crippen LogP contribution in [0.15, 0.2) is 47.5 Å². The van der Waals surface area contributed by atoms with Crippen LogP contribution in [0.5, 0.6) is 11.5 Å². The van der Waals surface area contributed by atoms with Gasteiger partial charge in [-0.2, -0.15) is 5.26 Å². The Labute approximate surface area is 147 Å². The van der Waals surface area contributed by atoms with Gasteiger partial charge >= 0.3 is 0 Å². The van der Waals surface area contributed by atoms with Gasteiger partial charge in [0.25, 0.3) is 0 Å². The summed E-state index contributed by atoms with van der Waals surface area (Å²) in [6, 6.07) is 15.6. The minimum Gasteiger partial charge on any atom is -0.454 e. The van der Waals surface area contributed by atoms with E-state index in [1.807, 2.05) is 42.5 Å². The van der Waals surface area contributed by atoms with E-state index in [2.05, 4.69) is 21.7 Å². The maximum absolute atomic E-state index is 8.82. The molecular weight excluding hydrogens is 316 g/mol. The zero-order valence-electron chi connectivity index (χ0n) is 14.1. The molecule has 0 radical (unpaired) electrons. The molecular formula is C19H20N4O2. The molecule has 6 nitrogen and oxygen atoms in total. The van der Waals surface area contributed by atoms with Crippen molar-refractivity contribution >= 4 is 5.96 Å². The molecule has 25 heavy (non-hydrogen) atoms. The fourth-order valence-electron chi connectivity index (χ4n) is 2.53. The second-order valence-electron chi connectivity index (χ2n) is 5.60. The Morgan fingerprint density at radius 3 is 2.60 bits per heavy atom. The second kappa shape index (κ2) is 8.06. The van der Waals surface area contributed by atoms with Gasteiger partial charge in [0.2, 0.25) is 6.79 Å². The molecule has 0 aliphatic carbocycles. The Hall–Kier alpha value is -3.20. The molecule has 1 heterocycles. The topological polar surface area (TPSA) is 78.7 Å². The van der Waals surface area contributed by atoms with Gasteiger partial charge in [-0.05, 0) is 41.8 Å².